The number of Topliss-reactive ketones (excluding diaryl/α,β-unsaturated/α-hetero) is 1. The second-order valence-electron chi connectivity index (χ2n) is 5.89. The Labute approximate surface area is 121 Å². The maximum absolute atomic E-state index is 11.5. The van der Waals surface area contributed by atoms with Crippen LogP contribution >= 0.6 is 0 Å². The van der Waals surface area contributed by atoms with E-state index < -0.39 is 6.10 Å². The van der Waals surface area contributed by atoms with Crippen molar-refractivity contribution >= 4 is 5.78 Å². The molecule has 0 saturated heterocycles. The minimum atomic E-state index is -0.658. The molecule has 3 nitrogen and oxygen atoms in total. The van der Waals surface area contributed by atoms with Crippen LogP contribution in [0.3, 0.4) is 0 Å². The monoisotopic (exact) mass is 278 g/mol. The molecule has 0 spiro atoms. The quantitative estimate of drug-likeness (QED) is 0.580. The highest BCUT2D eigenvalue weighted by Gasteiger charge is 2.35. The zero-order valence-corrected chi connectivity index (χ0v) is 12.7. The van der Waals surface area contributed by atoms with E-state index in [1.807, 2.05) is 26.8 Å². The van der Waals surface area contributed by atoms with Crippen molar-refractivity contribution < 1.29 is 15.0 Å². The number of aliphatic hydroxyl groups excluding tert-OH is 2. The van der Waals surface area contributed by atoms with Crippen LogP contribution in [0, 0.1) is 5.92 Å². The molecule has 0 aliphatic heterocycles. The van der Waals surface area contributed by atoms with Gasteiger partial charge in [0.05, 0.1) is 12.2 Å². The summed E-state index contributed by atoms with van der Waals surface area (Å²) in [5.41, 5.74) is 2.67. The minimum absolute atomic E-state index is 0.0562. The van der Waals surface area contributed by atoms with Crippen LogP contribution in [0.5, 0.6) is 0 Å². The van der Waals surface area contributed by atoms with Gasteiger partial charge in [0.25, 0.3) is 0 Å². The Kier molecular flexibility index (Phi) is 6.37. The first-order valence-corrected chi connectivity index (χ1v) is 7.21. The summed E-state index contributed by atoms with van der Waals surface area (Å²) in [5, 5.41) is 19.8. The van der Waals surface area contributed by atoms with E-state index in [4.69, 9.17) is 0 Å². The third-order valence-corrected chi connectivity index (χ3v) is 3.77. The fourth-order valence-corrected chi connectivity index (χ4v) is 2.55. The predicted octanol–water partition coefficient (Wildman–Crippen LogP) is 2.94. The predicted molar refractivity (Wildman–Crippen MR) is 81.3 cm³/mol. The molecule has 0 heterocycles. The molecule has 2 N–H and O–H groups in total. The first-order chi connectivity index (χ1) is 9.32. The highest BCUT2D eigenvalue weighted by molar-refractivity contribution is 5.98. The molecule has 0 bridgehead atoms. The fraction of sp³-hybridized carbons (Fsp3) is 0.588. The topological polar surface area (TPSA) is 57.5 Å². The lowest BCUT2D eigenvalue weighted by molar-refractivity contribution is -0.115. The molecule has 1 aliphatic rings. The summed E-state index contributed by atoms with van der Waals surface area (Å²) in [4.78, 5) is 11.5. The first kappa shape index (κ1) is 16.9. The van der Waals surface area contributed by atoms with E-state index in [2.05, 4.69) is 12.7 Å². The smallest absolute Gasteiger partial charge is 0.161 e. The molecular weight excluding hydrogens is 252 g/mol. The largest absolute Gasteiger partial charge is 0.393 e. The number of allylic oxidation sites excluding steroid dienone is 2. The highest BCUT2D eigenvalue weighted by Crippen LogP contribution is 2.33. The number of carbonyl (C=O) groups is 1. The number of hydrogen-bond acceptors (Lipinski definition) is 3. The third kappa shape index (κ3) is 4.73. The molecule has 3 atom stereocenters. The molecule has 112 valence electrons. The van der Waals surface area contributed by atoms with E-state index in [1.54, 1.807) is 0 Å². The summed E-state index contributed by atoms with van der Waals surface area (Å²) in [5.74, 6) is -0.327. The van der Waals surface area contributed by atoms with Gasteiger partial charge in [0.2, 0.25) is 0 Å². The SMILES string of the molecule is C=C1C(=O)C[C@@H](O)[C@@H]1/C(C)=C/CC(O)CCC=C(C)C. The molecule has 0 radical (unpaired) electrons. The normalized spacial score (nSPS) is 24.9. The maximum Gasteiger partial charge on any atom is 0.161 e. The summed E-state index contributed by atoms with van der Waals surface area (Å²) in [7, 11) is 0. The zero-order chi connectivity index (χ0) is 15.3. The van der Waals surface area contributed by atoms with Gasteiger partial charge in [-0.25, -0.2) is 0 Å². The second kappa shape index (κ2) is 7.55. The fourth-order valence-electron chi connectivity index (χ4n) is 2.55. The Bertz CT molecular complexity index is 428. The average molecular weight is 278 g/mol. The van der Waals surface area contributed by atoms with Crippen LogP contribution < -0.4 is 0 Å². The van der Waals surface area contributed by atoms with E-state index in [-0.39, 0.29) is 24.2 Å². The van der Waals surface area contributed by atoms with Crippen LogP contribution in [0.25, 0.3) is 0 Å². The van der Waals surface area contributed by atoms with Gasteiger partial charge in [0.15, 0.2) is 5.78 Å². The van der Waals surface area contributed by atoms with Gasteiger partial charge in [-0.1, -0.05) is 29.9 Å². The van der Waals surface area contributed by atoms with Gasteiger partial charge in [-0.3, -0.25) is 4.79 Å². The number of aliphatic hydroxyl groups is 2. The van der Waals surface area contributed by atoms with Crippen LogP contribution in [0.4, 0.5) is 0 Å². The van der Waals surface area contributed by atoms with Crippen molar-refractivity contribution in [1.82, 2.24) is 0 Å². The van der Waals surface area contributed by atoms with Gasteiger partial charge in [0.1, 0.15) is 0 Å². The molecule has 1 saturated carbocycles. The number of carbonyl (C=O) groups excluding carboxylic acids is 1. The molecule has 20 heavy (non-hydrogen) atoms. The molecule has 3 heteroatoms. The lowest BCUT2D eigenvalue weighted by Crippen LogP contribution is -2.15. The van der Waals surface area contributed by atoms with Gasteiger partial charge in [-0.05, 0) is 45.6 Å². The average Bonchev–Trinajstić information content (AvgIpc) is 2.60. The molecule has 1 unspecified atom stereocenters. The molecule has 1 aliphatic carbocycles. The molecule has 0 aromatic heterocycles. The van der Waals surface area contributed by atoms with Gasteiger partial charge in [0, 0.05) is 12.3 Å². The summed E-state index contributed by atoms with van der Waals surface area (Å²) in [6.07, 6.45) is 5.30. The number of ketones is 1. The van der Waals surface area contributed by atoms with E-state index >= 15 is 0 Å². The summed E-state index contributed by atoms with van der Waals surface area (Å²) < 4.78 is 0. The Balaban J connectivity index is 2.51. The maximum atomic E-state index is 11.5. The lowest BCUT2D eigenvalue weighted by atomic mass is 9.92. The highest BCUT2D eigenvalue weighted by atomic mass is 16.3. The Morgan fingerprint density at radius 1 is 1.40 bits per heavy atom. The van der Waals surface area contributed by atoms with Gasteiger partial charge in [-0.15, -0.1) is 0 Å². The van der Waals surface area contributed by atoms with Crippen LogP contribution in [0.1, 0.15) is 46.5 Å². The van der Waals surface area contributed by atoms with Gasteiger partial charge >= 0.3 is 0 Å². The van der Waals surface area contributed by atoms with E-state index in [0.717, 1.165) is 18.4 Å². The van der Waals surface area contributed by atoms with E-state index in [1.165, 1.54) is 5.57 Å². The van der Waals surface area contributed by atoms with Crippen LogP contribution in [0.15, 0.2) is 35.5 Å². The van der Waals surface area contributed by atoms with Crippen LogP contribution in [-0.4, -0.2) is 28.2 Å². The molecule has 0 aromatic carbocycles. The lowest BCUT2D eigenvalue weighted by Gasteiger charge is -2.16. The Hall–Kier alpha value is -1.19. The third-order valence-electron chi connectivity index (χ3n) is 3.77. The van der Waals surface area contributed by atoms with Crippen molar-refractivity contribution in [3.05, 3.63) is 35.5 Å². The second-order valence-corrected chi connectivity index (χ2v) is 5.89. The Morgan fingerprint density at radius 3 is 2.55 bits per heavy atom. The van der Waals surface area contributed by atoms with E-state index in [0.29, 0.717) is 12.0 Å². The summed E-state index contributed by atoms with van der Waals surface area (Å²) in [6, 6.07) is 0. The molecule has 0 aromatic rings. The summed E-state index contributed by atoms with van der Waals surface area (Å²) >= 11 is 0. The molecule has 1 fully saturated rings. The minimum Gasteiger partial charge on any atom is -0.393 e. The standard InChI is InChI=1S/C17H26O3/c1-11(2)6-5-7-14(18)9-8-12(3)17-13(4)15(19)10-16(17)20/h6,8,14,16-18,20H,4-5,7,9-10H2,1-3H3/b12-8+/t14?,16-,17-/m1/s1. The molecular formula is C17H26O3. The van der Waals surface area contributed by atoms with Crippen molar-refractivity contribution in [3.63, 3.8) is 0 Å². The molecule has 0 amide bonds. The van der Waals surface area contributed by atoms with Gasteiger partial charge in [-0.2, -0.15) is 0 Å². The van der Waals surface area contributed by atoms with Crippen molar-refractivity contribution in [2.75, 3.05) is 0 Å². The zero-order valence-electron chi connectivity index (χ0n) is 12.7. The molecule has 1 rings (SSSR count). The van der Waals surface area contributed by atoms with E-state index in [9.17, 15) is 15.0 Å². The van der Waals surface area contributed by atoms with Crippen molar-refractivity contribution in [2.45, 2.75) is 58.7 Å². The Morgan fingerprint density at radius 2 is 2.05 bits per heavy atom. The van der Waals surface area contributed by atoms with Crippen molar-refractivity contribution in [3.8, 4) is 0 Å². The number of hydrogen-bond donors (Lipinski definition) is 2. The summed E-state index contributed by atoms with van der Waals surface area (Å²) in [6.45, 7) is 9.74. The first-order valence-electron chi connectivity index (χ1n) is 7.21. The van der Waals surface area contributed by atoms with Crippen LogP contribution in [0.2, 0.25) is 0 Å². The number of rotatable bonds is 6. The van der Waals surface area contributed by atoms with Crippen molar-refractivity contribution in [2.24, 2.45) is 5.92 Å². The van der Waals surface area contributed by atoms with Gasteiger partial charge < -0.3 is 10.2 Å². The van der Waals surface area contributed by atoms with Crippen molar-refractivity contribution in [1.29, 1.82) is 0 Å². The van der Waals surface area contributed by atoms with Crippen LogP contribution in [-0.2, 0) is 4.79 Å².